The molecule has 0 radical (unpaired) electrons. The van der Waals surface area contributed by atoms with Gasteiger partial charge in [0, 0.05) is 51.0 Å². The van der Waals surface area contributed by atoms with Crippen LogP contribution in [-0.4, -0.2) is 79.0 Å². The van der Waals surface area contributed by atoms with Crippen molar-refractivity contribution < 1.29 is 9.47 Å². The van der Waals surface area contributed by atoms with Crippen LogP contribution in [0.2, 0.25) is 0 Å². The van der Waals surface area contributed by atoms with Crippen LogP contribution < -0.4 is 14.8 Å². The molecular formula is C22H35IN6O2. The summed E-state index contributed by atoms with van der Waals surface area (Å²) in [6, 6.07) is 5.97. The van der Waals surface area contributed by atoms with E-state index >= 15 is 0 Å². The second kappa shape index (κ2) is 12.7. The highest BCUT2D eigenvalue weighted by Crippen LogP contribution is 2.25. The lowest BCUT2D eigenvalue weighted by atomic mass is 10.1. The van der Waals surface area contributed by atoms with Crippen molar-refractivity contribution >= 4 is 29.9 Å². The van der Waals surface area contributed by atoms with Crippen molar-refractivity contribution in [3.05, 3.63) is 41.7 Å². The summed E-state index contributed by atoms with van der Waals surface area (Å²) in [6.45, 7) is 11.2. The van der Waals surface area contributed by atoms with E-state index in [2.05, 4.69) is 40.1 Å². The quantitative estimate of drug-likeness (QED) is 0.315. The lowest BCUT2D eigenvalue weighted by Gasteiger charge is -2.36. The molecule has 1 saturated heterocycles. The van der Waals surface area contributed by atoms with Crippen LogP contribution in [-0.2, 0) is 13.1 Å². The number of halogens is 1. The third kappa shape index (κ3) is 7.27. The van der Waals surface area contributed by atoms with Gasteiger partial charge in [-0.15, -0.1) is 24.0 Å². The highest BCUT2D eigenvalue weighted by Gasteiger charge is 2.20. The SMILES string of the molecule is CCNC(=NCCn1cc(C)cn1)N1CCN(Cc2cc(OC)ccc2OC)CC1.I. The van der Waals surface area contributed by atoms with Gasteiger partial charge in [-0.1, -0.05) is 0 Å². The van der Waals surface area contributed by atoms with Crippen LogP contribution in [0.4, 0.5) is 0 Å². The van der Waals surface area contributed by atoms with Crippen LogP contribution >= 0.6 is 24.0 Å². The lowest BCUT2D eigenvalue weighted by molar-refractivity contribution is 0.171. The fourth-order valence-corrected chi connectivity index (χ4v) is 3.64. The molecule has 1 N–H and O–H groups in total. The number of piperazine rings is 1. The largest absolute Gasteiger partial charge is 0.497 e. The molecule has 31 heavy (non-hydrogen) atoms. The molecule has 3 rings (SSSR count). The molecule has 0 atom stereocenters. The van der Waals surface area contributed by atoms with Gasteiger partial charge in [0.15, 0.2) is 5.96 Å². The number of aliphatic imine (C=N–C) groups is 1. The zero-order valence-corrected chi connectivity index (χ0v) is 21.3. The molecule has 2 heterocycles. The Morgan fingerprint density at radius 2 is 1.94 bits per heavy atom. The van der Waals surface area contributed by atoms with Gasteiger partial charge in [0.1, 0.15) is 11.5 Å². The Labute approximate surface area is 202 Å². The summed E-state index contributed by atoms with van der Waals surface area (Å²) in [6.07, 6.45) is 3.93. The molecular weight excluding hydrogens is 507 g/mol. The highest BCUT2D eigenvalue weighted by molar-refractivity contribution is 14.0. The fraction of sp³-hybridized carbons (Fsp3) is 0.545. The molecule has 2 aromatic rings. The molecule has 0 unspecified atom stereocenters. The minimum Gasteiger partial charge on any atom is -0.497 e. The molecule has 0 amide bonds. The van der Waals surface area contributed by atoms with E-state index in [0.29, 0.717) is 6.54 Å². The van der Waals surface area contributed by atoms with Crippen LogP contribution in [0.3, 0.4) is 0 Å². The Bertz CT molecular complexity index is 833. The van der Waals surface area contributed by atoms with E-state index in [1.54, 1.807) is 14.2 Å². The first-order chi connectivity index (χ1) is 14.6. The predicted octanol–water partition coefficient (Wildman–Crippen LogP) is 2.61. The van der Waals surface area contributed by atoms with Crippen molar-refractivity contribution in [2.24, 2.45) is 4.99 Å². The summed E-state index contributed by atoms with van der Waals surface area (Å²) in [5.74, 6) is 2.75. The first-order valence-corrected chi connectivity index (χ1v) is 10.6. The topological polar surface area (TPSA) is 67.2 Å². The minimum absolute atomic E-state index is 0. The monoisotopic (exact) mass is 542 g/mol. The predicted molar refractivity (Wildman–Crippen MR) is 135 cm³/mol. The van der Waals surface area contributed by atoms with Gasteiger partial charge >= 0.3 is 0 Å². The summed E-state index contributed by atoms with van der Waals surface area (Å²) >= 11 is 0. The van der Waals surface area contributed by atoms with Crippen molar-refractivity contribution in [2.45, 2.75) is 26.9 Å². The summed E-state index contributed by atoms with van der Waals surface area (Å²) in [7, 11) is 3.41. The highest BCUT2D eigenvalue weighted by atomic mass is 127. The van der Waals surface area contributed by atoms with Gasteiger partial charge in [0.25, 0.3) is 0 Å². The molecule has 0 bridgehead atoms. The number of methoxy groups -OCH3 is 2. The number of nitrogens with zero attached hydrogens (tertiary/aromatic N) is 5. The van der Waals surface area contributed by atoms with Crippen LogP contribution in [0.25, 0.3) is 0 Å². The number of hydrogen-bond donors (Lipinski definition) is 1. The van der Waals surface area contributed by atoms with Gasteiger partial charge in [-0.3, -0.25) is 14.6 Å². The summed E-state index contributed by atoms with van der Waals surface area (Å²) in [4.78, 5) is 9.61. The van der Waals surface area contributed by atoms with Gasteiger partial charge in [-0.25, -0.2) is 0 Å². The van der Waals surface area contributed by atoms with Crippen LogP contribution in [0.15, 0.2) is 35.6 Å². The van der Waals surface area contributed by atoms with Crippen LogP contribution in [0.5, 0.6) is 11.5 Å². The number of ether oxygens (including phenoxy) is 2. The molecule has 8 nitrogen and oxygen atoms in total. The van der Waals surface area contributed by atoms with Gasteiger partial charge in [0.05, 0.1) is 33.5 Å². The molecule has 9 heteroatoms. The maximum atomic E-state index is 5.53. The number of guanidine groups is 1. The van der Waals surface area contributed by atoms with E-state index in [9.17, 15) is 0 Å². The van der Waals surface area contributed by atoms with Gasteiger partial charge in [-0.2, -0.15) is 5.10 Å². The third-order valence-electron chi connectivity index (χ3n) is 5.24. The number of aryl methyl sites for hydroxylation is 1. The van der Waals surface area contributed by atoms with Gasteiger partial charge in [-0.05, 0) is 37.6 Å². The minimum atomic E-state index is 0. The molecule has 1 aromatic heterocycles. The first-order valence-electron chi connectivity index (χ1n) is 10.6. The van der Waals surface area contributed by atoms with Crippen LogP contribution in [0, 0.1) is 6.92 Å². The van der Waals surface area contributed by atoms with E-state index in [1.165, 1.54) is 5.56 Å². The normalized spacial score (nSPS) is 14.8. The van der Waals surface area contributed by atoms with E-state index < -0.39 is 0 Å². The number of hydrogen-bond acceptors (Lipinski definition) is 5. The van der Waals surface area contributed by atoms with Gasteiger partial charge in [0.2, 0.25) is 0 Å². The second-order valence-corrected chi connectivity index (χ2v) is 7.46. The summed E-state index contributed by atoms with van der Waals surface area (Å²) in [5.41, 5.74) is 2.33. The van der Waals surface area contributed by atoms with Gasteiger partial charge < -0.3 is 19.7 Å². The Hall–Kier alpha value is -2.01. The van der Waals surface area contributed by atoms with Crippen molar-refractivity contribution in [3.8, 4) is 11.5 Å². The molecule has 1 aliphatic heterocycles. The fourth-order valence-electron chi connectivity index (χ4n) is 3.64. The van der Waals surface area contributed by atoms with Crippen molar-refractivity contribution in [2.75, 3.05) is 53.5 Å². The second-order valence-electron chi connectivity index (χ2n) is 7.46. The molecule has 0 spiro atoms. The number of aromatic nitrogens is 2. The zero-order valence-electron chi connectivity index (χ0n) is 19.0. The third-order valence-corrected chi connectivity index (χ3v) is 5.24. The molecule has 0 saturated carbocycles. The van der Waals surface area contributed by atoms with E-state index in [-0.39, 0.29) is 24.0 Å². The average Bonchev–Trinajstić information content (AvgIpc) is 3.18. The Balaban J connectivity index is 0.00000341. The Morgan fingerprint density at radius 3 is 2.55 bits per heavy atom. The number of benzene rings is 1. The molecule has 0 aliphatic carbocycles. The summed E-state index contributed by atoms with van der Waals surface area (Å²) in [5, 5.41) is 7.77. The maximum Gasteiger partial charge on any atom is 0.194 e. The zero-order chi connectivity index (χ0) is 21.3. The van der Waals surface area contributed by atoms with Crippen molar-refractivity contribution in [1.29, 1.82) is 0 Å². The molecule has 172 valence electrons. The van der Waals surface area contributed by atoms with E-state index in [1.807, 2.05) is 29.2 Å². The van der Waals surface area contributed by atoms with Crippen molar-refractivity contribution in [3.63, 3.8) is 0 Å². The first kappa shape index (κ1) is 25.3. The Morgan fingerprint density at radius 1 is 1.16 bits per heavy atom. The lowest BCUT2D eigenvalue weighted by Crippen LogP contribution is -2.52. The Kier molecular flexibility index (Phi) is 10.4. The van der Waals surface area contributed by atoms with E-state index in [0.717, 1.165) is 68.8 Å². The van der Waals surface area contributed by atoms with Crippen molar-refractivity contribution in [1.82, 2.24) is 24.9 Å². The maximum absolute atomic E-state index is 5.53. The molecule has 1 aromatic carbocycles. The molecule has 1 aliphatic rings. The van der Waals surface area contributed by atoms with E-state index in [4.69, 9.17) is 14.5 Å². The standard InChI is InChI=1S/C22H34N6O2.HI/c1-5-23-22(24-8-9-28-16-18(2)15-25-28)27-12-10-26(11-13-27)17-19-14-20(29-3)6-7-21(19)30-4;/h6-7,14-16H,5,8-13,17H2,1-4H3,(H,23,24);1H. The number of nitrogens with one attached hydrogen (secondary N) is 1. The van der Waals surface area contributed by atoms with Crippen LogP contribution in [0.1, 0.15) is 18.1 Å². The number of rotatable bonds is 8. The smallest absolute Gasteiger partial charge is 0.194 e. The molecule has 1 fully saturated rings. The average molecular weight is 542 g/mol. The summed E-state index contributed by atoms with van der Waals surface area (Å²) < 4.78 is 12.9.